The van der Waals surface area contributed by atoms with Crippen LogP contribution in [0.2, 0.25) is 0 Å². The standard InChI is InChI=1S/C17H29N3/c1-16(2)14(17(16,3)4)12-20-11-10-18-15(20)19-13-8-6-5-7-9-13/h10-11,13-14H,5-9,12H2,1-4H3,(H,18,19). The molecule has 1 aromatic heterocycles. The second kappa shape index (κ2) is 4.78. The highest BCUT2D eigenvalue weighted by atomic mass is 15.2. The van der Waals surface area contributed by atoms with E-state index in [2.05, 4.69) is 48.8 Å². The van der Waals surface area contributed by atoms with Crippen LogP contribution in [0.25, 0.3) is 0 Å². The van der Waals surface area contributed by atoms with Crippen molar-refractivity contribution in [3.63, 3.8) is 0 Å². The number of anilines is 1. The van der Waals surface area contributed by atoms with Gasteiger partial charge in [-0.05, 0) is 29.6 Å². The summed E-state index contributed by atoms with van der Waals surface area (Å²) in [5.41, 5.74) is 0.888. The lowest BCUT2D eigenvalue weighted by Crippen LogP contribution is -2.24. The summed E-state index contributed by atoms with van der Waals surface area (Å²) in [7, 11) is 0. The molecule has 20 heavy (non-hydrogen) atoms. The van der Waals surface area contributed by atoms with E-state index in [4.69, 9.17) is 0 Å². The second-order valence-electron chi connectivity index (χ2n) is 7.88. The Hall–Kier alpha value is -0.990. The largest absolute Gasteiger partial charge is 0.353 e. The summed E-state index contributed by atoms with van der Waals surface area (Å²) < 4.78 is 2.33. The van der Waals surface area contributed by atoms with Gasteiger partial charge in [-0.2, -0.15) is 0 Å². The molecule has 0 aliphatic heterocycles. The maximum atomic E-state index is 4.54. The molecule has 3 heteroatoms. The summed E-state index contributed by atoms with van der Waals surface area (Å²) in [6, 6.07) is 0.630. The van der Waals surface area contributed by atoms with Crippen molar-refractivity contribution in [3.05, 3.63) is 12.4 Å². The van der Waals surface area contributed by atoms with Crippen LogP contribution in [0.4, 0.5) is 5.95 Å². The van der Waals surface area contributed by atoms with E-state index in [1.807, 2.05) is 6.20 Å². The summed E-state index contributed by atoms with van der Waals surface area (Å²) in [5.74, 6) is 1.83. The number of imidazole rings is 1. The SMILES string of the molecule is CC1(C)C(Cn2ccnc2NC2CCCCC2)C1(C)C. The number of nitrogens with zero attached hydrogens (tertiary/aromatic N) is 2. The van der Waals surface area contributed by atoms with Gasteiger partial charge in [0.1, 0.15) is 0 Å². The van der Waals surface area contributed by atoms with Crippen LogP contribution in [0, 0.1) is 16.7 Å². The second-order valence-corrected chi connectivity index (χ2v) is 7.88. The molecule has 0 spiro atoms. The summed E-state index contributed by atoms with van der Waals surface area (Å²) in [6.45, 7) is 10.7. The Morgan fingerprint density at radius 1 is 1.15 bits per heavy atom. The zero-order chi connectivity index (χ0) is 14.4. The highest BCUT2D eigenvalue weighted by Crippen LogP contribution is 2.68. The van der Waals surface area contributed by atoms with E-state index in [1.165, 1.54) is 32.1 Å². The van der Waals surface area contributed by atoms with E-state index < -0.39 is 0 Å². The first-order valence-electron chi connectivity index (χ1n) is 8.20. The first-order chi connectivity index (χ1) is 9.43. The van der Waals surface area contributed by atoms with Crippen molar-refractivity contribution >= 4 is 5.95 Å². The van der Waals surface area contributed by atoms with Crippen LogP contribution in [-0.4, -0.2) is 15.6 Å². The Morgan fingerprint density at radius 2 is 1.80 bits per heavy atom. The number of aromatic nitrogens is 2. The Labute approximate surface area is 123 Å². The Kier molecular flexibility index (Phi) is 3.34. The molecule has 1 aromatic rings. The molecular formula is C17H29N3. The third-order valence-electron chi connectivity index (χ3n) is 6.35. The van der Waals surface area contributed by atoms with Crippen LogP contribution in [-0.2, 0) is 6.54 Å². The molecule has 0 radical (unpaired) electrons. The maximum absolute atomic E-state index is 4.54. The average Bonchev–Trinajstić information content (AvgIpc) is 2.73. The van der Waals surface area contributed by atoms with Gasteiger partial charge in [-0.25, -0.2) is 4.98 Å². The van der Waals surface area contributed by atoms with Crippen molar-refractivity contribution in [2.24, 2.45) is 16.7 Å². The fraction of sp³-hybridized carbons (Fsp3) is 0.824. The highest BCUT2D eigenvalue weighted by Gasteiger charge is 2.64. The van der Waals surface area contributed by atoms with Gasteiger partial charge in [-0.1, -0.05) is 47.0 Å². The van der Waals surface area contributed by atoms with E-state index in [1.54, 1.807) is 0 Å². The van der Waals surface area contributed by atoms with Crippen molar-refractivity contribution in [1.82, 2.24) is 9.55 Å². The van der Waals surface area contributed by atoms with Crippen molar-refractivity contribution < 1.29 is 0 Å². The molecule has 112 valence electrons. The van der Waals surface area contributed by atoms with Crippen LogP contribution in [0.15, 0.2) is 12.4 Å². The molecule has 2 aliphatic rings. The quantitative estimate of drug-likeness (QED) is 0.887. The Balaban J connectivity index is 1.65. The normalized spacial score (nSPS) is 25.6. The maximum Gasteiger partial charge on any atom is 0.202 e. The number of rotatable bonds is 4. The summed E-state index contributed by atoms with van der Waals surface area (Å²) >= 11 is 0. The molecule has 0 atom stereocenters. The lowest BCUT2D eigenvalue weighted by Gasteiger charge is -2.23. The first kappa shape index (κ1) is 14.0. The van der Waals surface area contributed by atoms with Gasteiger partial charge in [-0.3, -0.25) is 0 Å². The lowest BCUT2D eigenvalue weighted by molar-refractivity contribution is 0.455. The summed E-state index contributed by atoms with van der Waals surface area (Å²) in [5, 5.41) is 3.67. The minimum Gasteiger partial charge on any atom is -0.353 e. The minimum atomic E-state index is 0.444. The van der Waals surface area contributed by atoms with Crippen molar-refractivity contribution in [2.75, 3.05) is 5.32 Å². The third kappa shape index (κ3) is 2.25. The van der Waals surface area contributed by atoms with Crippen LogP contribution >= 0.6 is 0 Å². The molecule has 0 bridgehead atoms. The molecule has 2 saturated carbocycles. The van der Waals surface area contributed by atoms with Crippen LogP contribution in [0.1, 0.15) is 59.8 Å². The number of hydrogen-bond donors (Lipinski definition) is 1. The molecule has 3 nitrogen and oxygen atoms in total. The molecule has 0 aromatic carbocycles. The van der Waals surface area contributed by atoms with Crippen molar-refractivity contribution in [2.45, 2.75) is 72.4 Å². The van der Waals surface area contributed by atoms with Crippen molar-refractivity contribution in [3.8, 4) is 0 Å². The molecule has 0 unspecified atom stereocenters. The predicted octanol–water partition coefficient (Wildman–Crippen LogP) is 4.31. The van der Waals surface area contributed by atoms with Gasteiger partial charge in [0.15, 0.2) is 0 Å². The third-order valence-corrected chi connectivity index (χ3v) is 6.35. The van der Waals surface area contributed by atoms with Gasteiger partial charge in [-0.15, -0.1) is 0 Å². The van der Waals surface area contributed by atoms with Crippen molar-refractivity contribution in [1.29, 1.82) is 0 Å². The zero-order valence-electron chi connectivity index (χ0n) is 13.4. The number of nitrogens with one attached hydrogen (secondary N) is 1. The molecule has 0 saturated heterocycles. The van der Waals surface area contributed by atoms with E-state index in [0.29, 0.717) is 16.9 Å². The fourth-order valence-electron chi connectivity index (χ4n) is 4.01. The zero-order valence-corrected chi connectivity index (χ0v) is 13.4. The molecule has 0 amide bonds. The lowest BCUT2D eigenvalue weighted by atomic mass is 9.96. The molecule has 2 aliphatic carbocycles. The van der Waals surface area contributed by atoms with E-state index >= 15 is 0 Å². The van der Waals surface area contributed by atoms with Gasteiger partial charge >= 0.3 is 0 Å². The topological polar surface area (TPSA) is 29.9 Å². The minimum absolute atomic E-state index is 0.444. The first-order valence-corrected chi connectivity index (χ1v) is 8.20. The smallest absolute Gasteiger partial charge is 0.202 e. The van der Waals surface area contributed by atoms with Gasteiger partial charge in [0.25, 0.3) is 0 Å². The Bertz CT molecular complexity index is 452. The van der Waals surface area contributed by atoms with Gasteiger partial charge in [0.05, 0.1) is 0 Å². The van der Waals surface area contributed by atoms with Gasteiger partial charge in [0, 0.05) is 25.0 Å². The molecule has 1 heterocycles. The molecule has 3 rings (SSSR count). The fourth-order valence-corrected chi connectivity index (χ4v) is 4.01. The van der Waals surface area contributed by atoms with Gasteiger partial charge in [0.2, 0.25) is 5.95 Å². The number of hydrogen-bond acceptors (Lipinski definition) is 2. The van der Waals surface area contributed by atoms with E-state index in [0.717, 1.165) is 18.4 Å². The molecule has 1 N–H and O–H groups in total. The van der Waals surface area contributed by atoms with Crippen LogP contribution in [0.5, 0.6) is 0 Å². The summed E-state index contributed by atoms with van der Waals surface area (Å²) in [6.07, 6.45) is 10.8. The average molecular weight is 275 g/mol. The molecule has 2 fully saturated rings. The van der Waals surface area contributed by atoms with Crippen LogP contribution in [0.3, 0.4) is 0 Å². The highest BCUT2D eigenvalue weighted by molar-refractivity contribution is 5.28. The predicted molar refractivity (Wildman–Crippen MR) is 83.8 cm³/mol. The molecular weight excluding hydrogens is 246 g/mol. The van der Waals surface area contributed by atoms with Gasteiger partial charge < -0.3 is 9.88 Å². The Morgan fingerprint density at radius 3 is 2.40 bits per heavy atom. The summed E-state index contributed by atoms with van der Waals surface area (Å²) in [4.78, 5) is 4.54. The van der Waals surface area contributed by atoms with E-state index in [-0.39, 0.29) is 0 Å². The monoisotopic (exact) mass is 275 g/mol. The van der Waals surface area contributed by atoms with Crippen LogP contribution < -0.4 is 5.32 Å². The van der Waals surface area contributed by atoms with E-state index in [9.17, 15) is 0 Å².